The highest BCUT2D eigenvalue weighted by atomic mass is 35.5. The number of methoxy groups -OCH3 is 1. The van der Waals surface area contributed by atoms with Gasteiger partial charge in [-0.1, -0.05) is 36.7 Å². The van der Waals surface area contributed by atoms with E-state index in [1.807, 2.05) is 31.2 Å². The van der Waals surface area contributed by atoms with E-state index in [2.05, 4.69) is 11.8 Å². The highest BCUT2D eigenvalue weighted by Gasteiger charge is 2.24. The van der Waals surface area contributed by atoms with Crippen LogP contribution in [0.1, 0.15) is 25.5 Å². The molecule has 18 heavy (non-hydrogen) atoms. The van der Waals surface area contributed by atoms with Crippen molar-refractivity contribution in [1.82, 2.24) is 4.90 Å². The summed E-state index contributed by atoms with van der Waals surface area (Å²) in [5.74, 6) is 0. The van der Waals surface area contributed by atoms with Crippen molar-refractivity contribution in [1.29, 1.82) is 0 Å². The maximum absolute atomic E-state index is 6.28. The predicted molar refractivity (Wildman–Crippen MR) is 77.0 cm³/mol. The summed E-state index contributed by atoms with van der Waals surface area (Å²) in [6.45, 7) is 6.61. The second kappa shape index (κ2) is 7.74. The van der Waals surface area contributed by atoms with Crippen LogP contribution < -0.4 is 5.73 Å². The summed E-state index contributed by atoms with van der Waals surface area (Å²) in [7, 11) is 1.71. The molecule has 0 bridgehead atoms. The van der Waals surface area contributed by atoms with E-state index < -0.39 is 0 Å². The van der Waals surface area contributed by atoms with E-state index in [1.165, 1.54) is 0 Å². The second-order valence-corrected chi connectivity index (χ2v) is 4.85. The van der Waals surface area contributed by atoms with Crippen molar-refractivity contribution >= 4 is 11.6 Å². The first-order chi connectivity index (χ1) is 8.61. The molecule has 102 valence electrons. The van der Waals surface area contributed by atoms with E-state index >= 15 is 0 Å². The Bertz CT molecular complexity index is 357. The number of likely N-dealkylation sites (N-methyl/N-ethyl adjacent to an activating group) is 1. The Kier molecular flexibility index (Phi) is 6.65. The van der Waals surface area contributed by atoms with Crippen molar-refractivity contribution in [3.05, 3.63) is 34.9 Å². The molecule has 0 amide bonds. The molecule has 0 aliphatic heterocycles. The number of benzene rings is 1. The fraction of sp³-hybridized carbons (Fsp3) is 0.571. The van der Waals surface area contributed by atoms with Crippen LogP contribution in [0.25, 0.3) is 0 Å². The summed E-state index contributed by atoms with van der Waals surface area (Å²) < 4.78 is 5.15. The Morgan fingerprint density at radius 3 is 2.56 bits per heavy atom. The topological polar surface area (TPSA) is 38.5 Å². The molecule has 0 aliphatic rings. The fourth-order valence-electron chi connectivity index (χ4n) is 2.23. The van der Waals surface area contributed by atoms with Crippen LogP contribution in [0, 0.1) is 0 Å². The van der Waals surface area contributed by atoms with Crippen LogP contribution in [0.3, 0.4) is 0 Å². The minimum absolute atomic E-state index is 0.0155. The summed E-state index contributed by atoms with van der Waals surface area (Å²) in [6.07, 6.45) is 0. The summed E-state index contributed by atoms with van der Waals surface area (Å²) >= 11 is 6.28. The Hall–Kier alpha value is -0.610. The number of nitrogens with zero attached hydrogens (tertiary/aromatic N) is 1. The molecule has 0 spiro atoms. The molecule has 0 radical (unpaired) electrons. The number of hydrogen-bond acceptors (Lipinski definition) is 3. The third kappa shape index (κ3) is 3.95. The zero-order valence-corrected chi connectivity index (χ0v) is 12.2. The lowest BCUT2D eigenvalue weighted by atomic mass is 9.99. The average Bonchev–Trinajstić information content (AvgIpc) is 2.35. The van der Waals surface area contributed by atoms with Gasteiger partial charge in [0.15, 0.2) is 0 Å². The molecule has 1 aromatic carbocycles. The molecule has 0 saturated heterocycles. The molecule has 2 N–H and O–H groups in total. The molecule has 0 heterocycles. The molecule has 0 fully saturated rings. The molecule has 2 unspecified atom stereocenters. The number of hydrogen-bond donors (Lipinski definition) is 1. The Labute approximate surface area is 115 Å². The largest absolute Gasteiger partial charge is 0.383 e. The van der Waals surface area contributed by atoms with Gasteiger partial charge in [0.1, 0.15) is 0 Å². The maximum atomic E-state index is 6.28. The number of rotatable bonds is 7. The highest BCUT2D eigenvalue weighted by molar-refractivity contribution is 6.31. The number of nitrogens with two attached hydrogens (primary N) is 1. The minimum Gasteiger partial charge on any atom is -0.383 e. The quantitative estimate of drug-likeness (QED) is 0.828. The lowest BCUT2D eigenvalue weighted by Gasteiger charge is -2.34. The van der Waals surface area contributed by atoms with Gasteiger partial charge in [-0.05, 0) is 25.1 Å². The number of halogens is 1. The van der Waals surface area contributed by atoms with Gasteiger partial charge in [-0.2, -0.15) is 0 Å². The molecule has 1 rings (SSSR count). The van der Waals surface area contributed by atoms with Crippen molar-refractivity contribution in [2.24, 2.45) is 5.73 Å². The van der Waals surface area contributed by atoms with Crippen molar-refractivity contribution in [3.63, 3.8) is 0 Å². The summed E-state index contributed by atoms with van der Waals surface area (Å²) in [5, 5.41) is 0.774. The monoisotopic (exact) mass is 270 g/mol. The van der Waals surface area contributed by atoms with Gasteiger partial charge in [-0.25, -0.2) is 0 Å². The second-order valence-electron chi connectivity index (χ2n) is 4.45. The SMILES string of the molecule is CCN(CCOC)C(c1ccccc1Cl)C(C)N. The van der Waals surface area contributed by atoms with Gasteiger partial charge < -0.3 is 10.5 Å². The van der Waals surface area contributed by atoms with Gasteiger partial charge in [0.25, 0.3) is 0 Å². The molecular weight excluding hydrogens is 248 g/mol. The van der Waals surface area contributed by atoms with Crippen LogP contribution in [-0.4, -0.2) is 37.7 Å². The van der Waals surface area contributed by atoms with E-state index in [0.29, 0.717) is 6.61 Å². The summed E-state index contributed by atoms with van der Waals surface area (Å²) in [4.78, 5) is 2.30. The molecule has 0 aromatic heterocycles. The normalized spacial score (nSPS) is 14.8. The van der Waals surface area contributed by atoms with Crippen LogP contribution >= 0.6 is 11.6 Å². The number of ether oxygens (including phenoxy) is 1. The first kappa shape index (κ1) is 15.4. The van der Waals surface area contributed by atoms with Crippen molar-refractivity contribution < 1.29 is 4.74 Å². The molecule has 2 atom stereocenters. The third-order valence-corrected chi connectivity index (χ3v) is 3.45. The summed E-state index contributed by atoms with van der Waals surface area (Å²) in [5.41, 5.74) is 7.23. The molecule has 0 saturated carbocycles. The average molecular weight is 271 g/mol. The van der Waals surface area contributed by atoms with Gasteiger partial charge in [0.2, 0.25) is 0 Å². The molecular formula is C14H23ClN2O. The first-order valence-electron chi connectivity index (χ1n) is 6.34. The predicted octanol–water partition coefficient (Wildman–Crippen LogP) is 2.70. The van der Waals surface area contributed by atoms with Crippen LogP contribution in [0.4, 0.5) is 0 Å². The van der Waals surface area contributed by atoms with Gasteiger partial charge >= 0.3 is 0 Å². The zero-order valence-electron chi connectivity index (χ0n) is 11.4. The van der Waals surface area contributed by atoms with Gasteiger partial charge in [-0.3, -0.25) is 4.90 Å². The summed E-state index contributed by atoms with van der Waals surface area (Å²) in [6, 6.07) is 8.04. The van der Waals surface area contributed by atoms with Crippen LogP contribution in [0.2, 0.25) is 5.02 Å². The molecule has 4 heteroatoms. The minimum atomic E-state index is 0.0155. The smallest absolute Gasteiger partial charge is 0.0589 e. The van der Waals surface area contributed by atoms with Crippen molar-refractivity contribution in [2.45, 2.75) is 25.9 Å². The lowest BCUT2D eigenvalue weighted by molar-refractivity contribution is 0.115. The van der Waals surface area contributed by atoms with Gasteiger partial charge in [0, 0.05) is 24.7 Å². The van der Waals surface area contributed by atoms with Gasteiger partial charge in [0.05, 0.1) is 12.6 Å². The highest BCUT2D eigenvalue weighted by Crippen LogP contribution is 2.29. The van der Waals surface area contributed by atoms with Gasteiger partial charge in [-0.15, -0.1) is 0 Å². The standard InChI is InChI=1S/C14H23ClN2O/c1-4-17(9-10-18-3)14(11(2)16)12-7-5-6-8-13(12)15/h5-8,11,14H,4,9-10,16H2,1-3H3. The van der Waals surface area contributed by atoms with E-state index in [9.17, 15) is 0 Å². The fourth-order valence-corrected chi connectivity index (χ4v) is 2.48. The molecule has 3 nitrogen and oxygen atoms in total. The Morgan fingerprint density at radius 2 is 2.06 bits per heavy atom. The third-order valence-electron chi connectivity index (χ3n) is 3.10. The molecule has 1 aromatic rings. The van der Waals surface area contributed by atoms with Crippen molar-refractivity contribution in [2.75, 3.05) is 26.8 Å². The van der Waals surface area contributed by atoms with Crippen LogP contribution in [-0.2, 0) is 4.74 Å². The lowest BCUT2D eigenvalue weighted by Crippen LogP contribution is -2.41. The maximum Gasteiger partial charge on any atom is 0.0589 e. The van der Waals surface area contributed by atoms with E-state index in [-0.39, 0.29) is 12.1 Å². The van der Waals surface area contributed by atoms with E-state index in [4.69, 9.17) is 22.1 Å². The van der Waals surface area contributed by atoms with E-state index in [1.54, 1.807) is 7.11 Å². The Balaban J connectivity index is 2.97. The zero-order chi connectivity index (χ0) is 13.5. The molecule has 0 aliphatic carbocycles. The first-order valence-corrected chi connectivity index (χ1v) is 6.72. The van der Waals surface area contributed by atoms with Crippen LogP contribution in [0.5, 0.6) is 0 Å². The Morgan fingerprint density at radius 1 is 1.39 bits per heavy atom. The van der Waals surface area contributed by atoms with E-state index in [0.717, 1.165) is 23.7 Å². The van der Waals surface area contributed by atoms with Crippen LogP contribution in [0.15, 0.2) is 24.3 Å². The van der Waals surface area contributed by atoms with Crippen molar-refractivity contribution in [3.8, 4) is 0 Å².